The summed E-state index contributed by atoms with van der Waals surface area (Å²) in [5.41, 5.74) is 8.03. The van der Waals surface area contributed by atoms with Gasteiger partial charge in [0.2, 0.25) is 0 Å². The molecule has 0 bridgehead atoms. The molecule has 0 fully saturated rings. The van der Waals surface area contributed by atoms with Crippen molar-refractivity contribution in [1.29, 1.82) is 0 Å². The lowest BCUT2D eigenvalue weighted by molar-refractivity contribution is 0.413. The number of benzene rings is 1. The van der Waals surface area contributed by atoms with Gasteiger partial charge in [-0.3, -0.25) is 0 Å². The molecule has 0 saturated heterocycles. The van der Waals surface area contributed by atoms with Gasteiger partial charge in [0.1, 0.15) is 5.75 Å². The van der Waals surface area contributed by atoms with Gasteiger partial charge in [-0.15, -0.1) is 0 Å². The Morgan fingerprint density at radius 3 is 2.25 bits per heavy atom. The van der Waals surface area contributed by atoms with Gasteiger partial charge in [0.25, 0.3) is 0 Å². The second-order valence-electron chi connectivity index (χ2n) is 4.95. The molecule has 0 saturated carbocycles. The molecule has 16 heavy (non-hydrogen) atoms. The first-order chi connectivity index (χ1) is 7.27. The number of halogens is 1. The predicted octanol–water partition coefficient (Wildman–Crippen LogP) is 3.67. The molecule has 0 atom stereocenters. The molecule has 1 aromatic rings. The monoisotopic (exact) mass is 241 g/mol. The lowest BCUT2D eigenvalue weighted by Crippen LogP contribution is -2.30. The van der Waals surface area contributed by atoms with Crippen LogP contribution in [0, 0.1) is 0 Å². The van der Waals surface area contributed by atoms with E-state index in [4.69, 9.17) is 22.1 Å². The smallest absolute Gasteiger partial charge is 0.137 e. The largest absolute Gasteiger partial charge is 0.495 e. The van der Waals surface area contributed by atoms with Gasteiger partial charge in [-0.2, -0.15) is 0 Å². The Morgan fingerprint density at radius 2 is 1.88 bits per heavy atom. The Balaban J connectivity index is 3.42. The van der Waals surface area contributed by atoms with E-state index in [9.17, 15) is 0 Å². The van der Waals surface area contributed by atoms with Crippen LogP contribution in [-0.2, 0) is 5.54 Å². The Bertz CT molecular complexity index is 380. The molecule has 0 heterocycles. The van der Waals surface area contributed by atoms with Gasteiger partial charge in [-0.1, -0.05) is 25.4 Å². The van der Waals surface area contributed by atoms with Crippen LogP contribution in [0.2, 0.25) is 5.02 Å². The van der Waals surface area contributed by atoms with Gasteiger partial charge in [-0.05, 0) is 43.0 Å². The summed E-state index contributed by atoms with van der Waals surface area (Å²) in [5.74, 6) is 1.10. The second-order valence-corrected chi connectivity index (χ2v) is 5.36. The molecule has 90 valence electrons. The van der Waals surface area contributed by atoms with Gasteiger partial charge >= 0.3 is 0 Å². The van der Waals surface area contributed by atoms with E-state index in [2.05, 4.69) is 13.8 Å². The first-order valence-corrected chi connectivity index (χ1v) is 5.82. The third kappa shape index (κ3) is 2.69. The maximum absolute atomic E-state index is 6.16. The third-order valence-electron chi connectivity index (χ3n) is 2.64. The summed E-state index contributed by atoms with van der Waals surface area (Å²) < 4.78 is 5.23. The van der Waals surface area contributed by atoms with Crippen molar-refractivity contribution in [2.75, 3.05) is 7.11 Å². The minimum absolute atomic E-state index is 0.393. The first kappa shape index (κ1) is 13.3. The molecule has 0 radical (unpaired) electrons. The summed E-state index contributed by atoms with van der Waals surface area (Å²) in [6, 6.07) is 3.90. The minimum atomic E-state index is -0.393. The number of nitrogens with two attached hydrogens (primary N) is 1. The van der Waals surface area contributed by atoms with E-state index in [-0.39, 0.29) is 0 Å². The number of rotatable bonds is 3. The SMILES string of the molecule is COc1cc(C(C)C)c(C(C)(C)N)cc1Cl. The van der Waals surface area contributed by atoms with Crippen LogP contribution in [-0.4, -0.2) is 7.11 Å². The highest BCUT2D eigenvalue weighted by Crippen LogP contribution is 2.35. The minimum Gasteiger partial charge on any atom is -0.495 e. The van der Waals surface area contributed by atoms with Gasteiger partial charge in [0.05, 0.1) is 12.1 Å². The van der Waals surface area contributed by atoms with E-state index in [0.29, 0.717) is 16.7 Å². The summed E-state index contributed by atoms with van der Waals surface area (Å²) in [4.78, 5) is 0. The molecule has 0 amide bonds. The van der Waals surface area contributed by atoms with Crippen molar-refractivity contribution >= 4 is 11.6 Å². The number of methoxy groups -OCH3 is 1. The van der Waals surface area contributed by atoms with Gasteiger partial charge < -0.3 is 10.5 Å². The molecule has 1 aromatic carbocycles. The highest BCUT2D eigenvalue weighted by atomic mass is 35.5. The number of ether oxygens (including phenoxy) is 1. The lowest BCUT2D eigenvalue weighted by Gasteiger charge is -2.25. The summed E-state index contributed by atoms with van der Waals surface area (Å²) in [7, 11) is 1.62. The topological polar surface area (TPSA) is 35.2 Å². The first-order valence-electron chi connectivity index (χ1n) is 5.44. The molecule has 0 unspecified atom stereocenters. The zero-order valence-corrected chi connectivity index (χ0v) is 11.4. The standard InChI is InChI=1S/C13H20ClNO/c1-8(2)9-6-12(16-5)11(14)7-10(9)13(3,4)15/h6-8H,15H2,1-5H3. The Morgan fingerprint density at radius 1 is 1.31 bits per heavy atom. The molecule has 2 N–H and O–H groups in total. The quantitative estimate of drug-likeness (QED) is 0.877. The summed E-state index contributed by atoms with van der Waals surface area (Å²) in [5, 5.41) is 0.612. The maximum Gasteiger partial charge on any atom is 0.137 e. The van der Waals surface area contributed by atoms with Crippen LogP contribution >= 0.6 is 11.6 Å². The van der Waals surface area contributed by atoms with Crippen molar-refractivity contribution < 1.29 is 4.74 Å². The van der Waals surface area contributed by atoms with Crippen molar-refractivity contribution in [1.82, 2.24) is 0 Å². The fraction of sp³-hybridized carbons (Fsp3) is 0.538. The fourth-order valence-corrected chi connectivity index (χ4v) is 2.00. The number of hydrogen-bond donors (Lipinski definition) is 1. The Hall–Kier alpha value is -0.730. The molecule has 1 rings (SSSR count). The molecule has 0 spiro atoms. The van der Waals surface area contributed by atoms with E-state index in [1.165, 1.54) is 5.56 Å². The van der Waals surface area contributed by atoms with Crippen LogP contribution in [0.4, 0.5) is 0 Å². The van der Waals surface area contributed by atoms with Gasteiger partial charge in [-0.25, -0.2) is 0 Å². The normalized spacial score (nSPS) is 12.0. The van der Waals surface area contributed by atoms with Crippen molar-refractivity contribution in [3.63, 3.8) is 0 Å². The Kier molecular flexibility index (Phi) is 3.87. The molecule has 0 aromatic heterocycles. The van der Waals surface area contributed by atoms with Crippen molar-refractivity contribution in [2.24, 2.45) is 5.73 Å². The molecular formula is C13H20ClNO. The second kappa shape index (κ2) is 4.64. The molecule has 0 aliphatic heterocycles. The van der Waals surface area contributed by atoms with Crippen LogP contribution in [0.5, 0.6) is 5.75 Å². The molecule has 0 aliphatic rings. The van der Waals surface area contributed by atoms with Crippen molar-refractivity contribution in [3.05, 3.63) is 28.3 Å². The van der Waals surface area contributed by atoms with E-state index < -0.39 is 5.54 Å². The third-order valence-corrected chi connectivity index (χ3v) is 2.94. The molecule has 0 aliphatic carbocycles. The Labute approximate surface area is 103 Å². The van der Waals surface area contributed by atoms with Crippen LogP contribution < -0.4 is 10.5 Å². The highest BCUT2D eigenvalue weighted by molar-refractivity contribution is 6.32. The molecular weight excluding hydrogens is 222 g/mol. The predicted molar refractivity (Wildman–Crippen MR) is 69.3 cm³/mol. The molecule has 2 nitrogen and oxygen atoms in total. The molecule has 3 heteroatoms. The summed E-state index contributed by atoms with van der Waals surface area (Å²) in [6.07, 6.45) is 0. The van der Waals surface area contributed by atoms with Crippen LogP contribution in [0.1, 0.15) is 44.7 Å². The highest BCUT2D eigenvalue weighted by Gasteiger charge is 2.22. The van der Waals surface area contributed by atoms with E-state index in [1.54, 1.807) is 7.11 Å². The van der Waals surface area contributed by atoms with Gasteiger partial charge in [0, 0.05) is 5.54 Å². The summed E-state index contributed by atoms with van der Waals surface area (Å²) >= 11 is 6.13. The van der Waals surface area contributed by atoms with Gasteiger partial charge in [0.15, 0.2) is 0 Å². The average molecular weight is 242 g/mol. The fourth-order valence-electron chi connectivity index (χ4n) is 1.76. The van der Waals surface area contributed by atoms with Crippen LogP contribution in [0.15, 0.2) is 12.1 Å². The van der Waals surface area contributed by atoms with Crippen LogP contribution in [0.3, 0.4) is 0 Å². The van der Waals surface area contributed by atoms with Crippen molar-refractivity contribution in [3.8, 4) is 5.75 Å². The maximum atomic E-state index is 6.16. The average Bonchev–Trinajstić information content (AvgIpc) is 2.15. The zero-order chi connectivity index (χ0) is 12.5. The summed E-state index contributed by atoms with van der Waals surface area (Å²) in [6.45, 7) is 8.24. The van der Waals surface area contributed by atoms with Crippen LogP contribution in [0.25, 0.3) is 0 Å². The lowest BCUT2D eigenvalue weighted by atomic mass is 9.86. The van der Waals surface area contributed by atoms with Crippen molar-refractivity contribution in [2.45, 2.75) is 39.2 Å². The zero-order valence-electron chi connectivity index (χ0n) is 10.6. The van der Waals surface area contributed by atoms with E-state index >= 15 is 0 Å². The van der Waals surface area contributed by atoms with E-state index in [1.807, 2.05) is 26.0 Å². The number of hydrogen-bond acceptors (Lipinski definition) is 2. The van der Waals surface area contributed by atoms with E-state index in [0.717, 1.165) is 5.56 Å².